The predicted octanol–water partition coefficient (Wildman–Crippen LogP) is 1.59. The van der Waals surface area contributed by atoms with Crippen molar-refractivity contribution in [2.45, 2.75) is 23.8 Å². The smallest absolute Gasteiger partial charge is 0.243 e. The second kappa shape index (κ2) is 5.06. The van der Waals surface area contributed by atoms with Crippen LogP contribution in [0.2, 0.25) is 0 Å². The zero-order chi connectivity index (χ0) is 12.5. The Balaban J connectivity index is 2.33. The third kappa shape index (κ3) is 2.54. The topological polar surface area (TPSA) is 57.6 Å². The van der Waals surface area contributed by atoms with E-state index in [1.54, 1.807) is 24.3 Å². The fourth-order valence-electron chi connectivity index (χ4n) is 2.05. The van der Waals surface area contributed by atoms with Crippen molar-refractivity contribution in [1.29, 1.82) is 0 Å². The van der Waals surface area contributed by atoms with Gasteiger partial charge in [0.2, 0.25) is 10.0 Å². The number of halogens is 1. The number of nitrogens with zero attached hydrogens (tertiary/aromatic N) is 1. The Hall–Kier alpha value is -0.430. The summed E-state index contributed by atoms with van der Waals surface area (Å²) in [5, 5.41) is 9.18. The van der Waals surface area contributed by atoms with Crippen LogP contribution in [0.5, 0.6) is 0 Å². The first-order chi connectivity index (χ1) is 8.05. The molecule has 94 valence electrons. The molecule has 17 heavy (non-hydrogen) atoms. The molecule has 4 nitrogen and oxygen atoms in total. The van der Waals surface area contributed by atoms with Crippen LogP contribution in [0.25, 0.3) is 0 Å². The highest BCUT2D eigenvalue weighted by atomic mass is 79.9. The van der Waals surface area contributed by atoms with E-state index in [2.05, 4.69) is 15.9 Å². The van der Waals surface area contributed by atoms with Crippen molar-refractivity contribution in [3.8, 4) is 0 Å². The average Bonchev–Trinajstić information content (AvgIpc) is 2.78. The van der Waals surface area contributed by atoms with Crippen LogP contribution in [0.3, 0.4) is 0 Å². The van der Waals surface area contributed by atoms with Crippen LogP contribution in [0, 0.1) is 0 Å². The van der Waals surface area contributed by atoms with Gasteiger partial charge in [-0.1, -0.05) is 15.9 Å². The van der Waals surface area contributed by atoms with Crippen molar-refractivity contribution in [2.24, 2.45) is 0 Å². The molecule has 2 rings (SSSR count). The summed E-state index contributed by atoms with van der Waals surface area (Å²) in [6, 6.07) is 6.29. The Labute approximate surface area is 109 Å². The van der Waals surface area contributed by atoms with Crippen LogP contribution < -0.4 is 0 Å². The Morgan fingerprint density at radius 1 is 1.35 bits per heavy atom. The van der Waals surface area contributed by atoms with E-state index in [0.717, 1.165) is 17.3 Å². The second-order valence-corrected chi connectivity index (χ2v) is 6.85. The van der Waals surface area contributed by atoms with Gasteiger partial charge in [0.1, 0.15) is 0 Å². The van der Waals surface area contributed by atoms with Gasteiger partial charge in [-0.25, -0.2) is 8.42 Å². The van der Waals surface area contributed by atoms with Crippen molar-refractivity contribution >= 4 is 26.0 Å². The first kappa shape index (κ1) is 13.0. The van der Waals surface area contributed by atoms with E-state index in [1.807, 2.05) is 0 Å². The van der Waals surface area contributed by atoms with Crippen molar-refractivity contribution in [2.75, 3.05) is 13.2 Å². The number of sulfonamides is 1. The van der Waals surface area contributed by atoms with Gasteiger partial charge in [-0.2, -0.15) is 4.31 Å². The molecule has 1 heterocycles. The molecular formula is C11H14BrNO3S. The van der Waals surface area contributed by atoms with Crippen molar-refractivity contribution < 1.29 is 13.5 Å². The summed E-state index contributed by atoms with van der Waals surface area (Å²) in [7, 11) is -3.46. The molecule has 0 saturated carbocycles. The third-order valence-corrected chi connectivity index (χ3v) is 5.45. The lowest BCUT2D eigenvalue weighted by Gasteiger charge is -2.22. The maximum Gasteiger partial charge on any atom is 0.243 e. The monoisotopic (exact) mass is 319 g/mol. The SMILES string of the molecule is O=S(=O)(c1ccc(Br)cc1)N1CCC[C@H]1CO. The molecule has 6 heteroatoms. The van der Waals surface area contributed by atoms with Gasteiger partial charge in [-0.15, -0.1) is 0 Å². The summed E-state index contributed by atoms with van der Waals surface area (Å²) < 4.78 is 26.9. The van der Waals surface area contributed by atoms with Crippen LogP contribution in [-0.4, -0.2) is 37.0 Å². The molecule has 0 radical (unpaired) electrons. The number of aliphatic hydroxyl groups excluding tert-OH is 1. The molecule has 0 unspecified atom stereocenters. The third-order valence-electron chi connectivity index (χ3n) is 2.95. The molecule has 1 saturated heterocycles. The van der Waals surface area contributed by atoms with E-state index >= 15 is 0 Å². The van der Waals surface area contributed by atoms with Gasteiger partial charge in [0.25, 0.3) is 0 Å². The average molecular weight is 320 g/mol. The van der Waals surface area contributed by atoms with Gasteiger partial charge in [-0.3, -0.25) is 0 Å². The zero-order valence-electron chi connectivity index (χ0n) is 9.21. The highest BCUT2D eigenvalue weighted by Gasteiger charge is 2.34. The predicted molar refractivity (Wildman–Crippen MR) is 68.1 cm³/mol. The van der Waals surface area contributed by atoms with E-state index in [1.165, 1.54) is 4.31 Å². The Morgan fingerprint density at radius 2 is 2.00 bits per heavy atom. The van der Waals surface area contributed by atoms with Crippen molar-refractivity contribution in [1.82, 2.24) is 4.31 Å². The van der Waals surface area contributed by atoms with Gasteiger partial charge in [0.15, 0.2) is 0 Å². The zero-order valence-corrected chi connectivity index (χ0v) is 11.6. The van der Waals surface area contributed by atoms with E-state index in [9.17, 15) is 13.5 Å². The highest BCUT2D eigenvalue weighted by Crippen LogP contribution is 2.26. The van der Waals surface area contributed by atoms with Crippen molar-refractivity contribution in [3.05, 3.63) is 28.7 Å². The molecule has 1 aromatic rings. The molecule has 0 spiro atoms. The van der Waals surface area contributed by atoms with Crippen LogP contribution >= 0.6 is 15.9 Å². The number of benzene rings is 1. The molecule has 1 aliphatic heterocycles. The maximum atomic E-state index is 12.3. The fraction of sp³-hybridized carbons (Fsp3) is 0.455. The quantitative estimate of drug-likeness (QED) is 0.920. The first-order valence-electron chi connectivity index (χ1n) is 5.44. The minimum Gasteiger partial charge on any atom is -0.395 e. The summed E-state index contributed by atoms with van der Waals surface area (Å²) in [6.45, 7) is 0.374. The Morgan fingerprint density at radius 3 is 2.59 bits per heavy atom. The maximum absolute atomic E-state index is 12.3. The van der Waals surface area contributed by atoms with E-state index in [4.69, 9.17) is 0 Å². The Kier molecular flexibility index (Phi) is 3.87. The summed E-state index contributed by atoms with van der Waals surface area (Å²) in [4.78, 5) is 0.279. The molecule has 1 aliphatic rings. The van der Waals surface area contributed by atoms with Crippen LogP contribution in [0.4, 0.5) is 0 Å². The number of aliphatic hydroxyl groups is 1. The molecule has 1 N–H and O–H groups in total. The van der Waals surface area contributed by atoms with Crippen LogP contribution in [-0.2, 0) is 10.0 Å². The molecule has 0 bridgehead atoms. The van der Waals surface area contributed by atoms with E-state index in [0.29, 0.717) is 6.54 Å². The number of hydrogen-bond acceptors (Lipinski definition) is 3. The van der Waals surface area contributed by atoms with Crippen LogP contribution in [0.1, 0.15) is 12.8 Å². The van der Waals surface area contributed by atoms with Gasteiger partial charge < -0.3 is 5.11 Å². The minimum atomic E-state index is -3.46. The highest BCUT2D eigenvalue weighted by molar-refractivity contribution is 9.10. The van der Waals surface area contributed by atoms with Gasteiger partial charge in [0, 0.05) is 17.1 Å². The summed E-state index contributed by atoms with van der Waals surface area (Å²) >= 11 is 3.27. The first-order valence-corrected chi connectivity index (χ1v) is 7.67. The molecule has 1 aromatic carbocycles. The number of rotatable bonds is 3. The summed E-state index contributed by atoms with van der Waals surface area (Å²) in [5.41, 5.74) is 0. The molecule has 0 amide bonds. The van der Waals surface area contributed by atoms with Crippen molar-refractivity contribution in [3.63, 3.8) is 0 Å². The van der Waals surface area contributed by atoms with Gasteiger partial charge in [0.05, 0.1) is 11.5 Å². The Bertz CT molecular complexity index is 486. The summed E-state index contributed by atoms with van der Waals surface area (Å²) in [5.74, 6) is 0. The lowest BCUT2D eigenvalue weighted by molar-refractivity contribution is 0.213. The lowest BCUT2D eigenvalue weighted by atomic mass is 10.2. The standard InChI is InChI=1S/C11H14BrNO3S/c12-9-3-5-11(6-4-9)17(15,16)13-7-1-2-10(13)8-14/h3-6,10,14H,1-2,7-8H2/t10-/m0/s1. The molecule has 1 atom stereocenters. The number of hydrogen-bond donors (Lipinski definition) is 1. The largest absolute Gasteiger partial charge is 0.395 e. The summed E-state index contributed by atoms with van der Waals surface area (Å²) in [6.07, 6.45) is 1.53. The lowest BCUT2D eigenvalue weighted by Crippen LogP contribution is -2.37. The van der Waals surface area contributed by atoms with Crippen LogP contribution in [0.15, 0.2) is 33.6 Å². The molecular weight excluding hydrogens is 306 g/mol. The van der Waals surface area contributed by atoms with E-state index in [-0.39, 0.29) is 17.5 Å². The second-order valence-electron chi connectivity index (χ2n) is 4.05. The van der Waals surface area contributed by atoms with Gasteiger partial charge >= 0.3 is 0 Å². The minimum absolute atomic E-state index is 0.115. The fourth-order valence-corrected chi connectivity index (χ4v) is 4.00. The molecule has 0 aromatic heterocycles. The molecule has 0 aliphatic carbocycles. The molecule has 1 fully saturated rings. The van der Waals surface area contributed by atoms with Gasteiger partial charge in [-0.05, 0) is 37.1 Å². The normalized spacial score (nSPS) is 21.9. The van der Waals surface area contributed by atoms with E-state index < -0.39 is 10.0 Å².